The number of hydrogen-bond acceptors (Lipinski definition) is 5. The molecular formula is C12H14BBrN2O3. The maximum absolute atomic E-state index is 6.02. The molecule has 5 nitrogen and oxygen atoms in total. The third-order valence-electron chi connectivity index (χ3n) is 3.90. The number of fused-ring (bicyclic) bond motifs is 1. The van der Waals surface area contributed by atoms with Crippen molar-refractivity contribution in [3.8, 4) is 0 Å². The Kier molecular flexibility index (Phi) is 2.78. The molecule has 1 aliphatic heterocycles. The number of halogens is 1. The second-order valence-corrected chi connectivity index (χ2v) is 6.54. The highest BCUT2D eigenvalue weighted by Crippen LogP contribution is 2.37. The molecule has 1 saturated heterocycles. The van der Waals surface area contributed by atoms with E-state index in [1.54, 1.807) is 0 Å². The second kappa shape index (κ2) is 4.04. The summed E-state index contributed by atoms with van der Waals surface area (Å²) < 4.78 is 17.7. The van der Waals surface area contributed by atoms with Crippen molar-refractivity contribution in [3.05, 3.63) is 16.6 Å². The molecule has 0 saturated carbocycles. The first-order valence-corrected chi connectivity index (χ1v) is 6.87. The lowest BCUT2D eigenvalue weighted by Crippen LogP contribution is -2.41. The lowest BCUT2D eigenvalue weighted by Gasteiger charge is -2.32. The van der Waals surface area contributed by atoms with Crippen molar-refractivity contribution in [1.82, 2.24) is 10.3 Å². The normalized spacial score (nSPS) is 21.2. The van der Waals surface area contributed by atoms with Gasteiger partial charge in [0, 0.05) is 9.94 Å². The van der Waals surface area contributed by atoms with Gasteiger partial charge in [-0.2, -0.15) is 0 Å². The van der Waals surface area contributed by atoms with Crippen molar-refractivity contribution < 1.29 is 13.9 Å². The molecule has 0 atom stereocenters. The highest BCUT2D eigenvalue weighted by molar-refractivity contribution is 9.10. The molecule has 19 heavy (non-hydrogen) atoms. The lowest BCUT2D eigenvalue weighted by molar-refractivity contribution is 0.00578. The Morgan fingerprint density at radius 2 is 1.58 bits per heavy atom. The Hall–Kier alpha value is -0.915. The van der Waals surface area contributed by atoms with Crippen LogP contribution in [0.15, 0.2) is 21.2 Å². The zero-order chi connectivity index (χ0) is 13.8. The summed E-state index contributed by atoms with van der Waals surface area (Å²) in [7, 11) is -0.465. The molecule has 0 unspecified atom stereocenters. The van der Waals surface area contributed by atoms with E-state index in [0.717, 1.165) is 9.94 Å². The average molecular weight is 325 g/mol. The standard InChI is InChI=1S/C12H14BBrN2O3/c1-11(2)12(3,4)18-13(17-11)7-5-6-8(14)10-9(7)15-19-16-10/h5-6H,1-4H3. The van der Waals surface area contributed by atoms with E-state index in [-0.39, 0.29) is 11.2 Å². The fourth-order valence-electron chi connectivity index (χ4n) is 2.02. The first kappa shape index (κ1) is 13.1. The van der Waals surface area contributed by atoms with Gasteiger partial charge in [0.25, 0.3) is 0 Å². The van der Waals surface area contributed by atoms with Crippen molar-refractivity contribution in [2.45, 2.75) is 38.9 Å². The topological polar surface area (TPSA) is 57.4 Å². The van der Waals surface area contributed by atoms with Crippen LogP contribution in [0.5, 0.6) is 0 Å². The molecule has 0 radical (unpaired) electrons. The van der Waals surface area contributed by atoms with Gasteiger partial charge in [-0.05, 0) is 54.8 Å². The molecular weight excluding hydrogens is 311 g/mol. The molecule has 3 rings (SSSR count). The minimum atomic E-state index is -0.465. The summed E-state index contributed by atoms with van der Waals surface area (Å²) in [6.07, 6.45) is 0. The molecule has 1 aromatic carbocycles. The summed E-state index contributed by atoms with van der Waals surface area (Å²) in [5.41, 5.74) is 1.40. The van der Waals surface area contributed by atoms with Crippen molar-refractivity contribution >= 4 is 39.5 Å². The maximum Gasteiger partial charge on any atom is 0.497 e. The fourth-order valence-corrected chi connectivity index (χ4v) is 2.41. The average Bonchev–Trinajstić information content (AvgIpc) is 2.84. The zero-order valence-electron chi connectivity index (χ0n) is 11.2. The van der Waals surface area contributed by atoms with Crippen LogP contribution in [0.2, 0.25) is 0 Å². The van der Waals surface area contributed by atoms with Gasteiger partial charge in [-0.3, -0.25) is 0 Å². The predicted octanol–water partition coefficient (Wildman–Crippen LogP) is 2.28. The highest BCUT2D eigenvalue weighted by Gasteiger charge is 2.52. The van der Waals surface area contributed by atoms with Crippen LogP contribution in [0.25, 0.3) is 11.0 Å². The first-order valence-electron chi connectivity index (χ1n) is 6.08. The quantitative estimate of drug-likeness (QED) is 0.753. The van der Waals surface area contributed by atoms with Crippen molar-refractivity contribution in [3.63, 3.8) is 0 Å². The van der Waals surface area contributed by atoms with Gasteiger partial charge in [-0.15, -0.1) is 0 Å². The van der Waals surface area contributed by atoms with Gasteiger partial charge in [0.2, 0.25) is 0 Å². The molecule has 1 aromatic heterocycles. The van der Waals surface area contributed by atoms with E-state index in [1.165, 1.54) is 0 Å². The Morgan fingerprint density at radius 1 is 1.00 bits per heavy atom. The fraction of sp³-hybridized carbons (Fsp3) is 0.500. The number of hydrogen-bond donors (Lipinski definition) is 0. The number of aromatic nitrogens is 2. The van der Waals surface area contributed by atoms with Crippen LogP contribution in [-0.4, -0.2) is 28.6 Å². The zero-order valence-corrected chi connectivity index (χ0v) is 12.8. The highest BCUT2D eigenvalue weighted by atomic mass is 79.9. The van der Waals surface area contributed by atoms with Crippen LogP contribution in [0.1, 0.15) is 27.7 Å². The lowest BCUT2D eigenvalue weighted by atomic mass is 9.78. The second-order valence-electron chi connectivity index (χ2n) is 5.69. The largest absolute Gasteiger partial charge is 0.497 e. The molecule has 7 heteroatoms. The molecule has 0 aliphatic carbocycles. The van der Waals surface area contributed by atoms with Crippen LogP contribution >= 0.6 is 15.9 Å². The molecule has 1 aliphatic rings. The van der Waals surface area contributed by atoms with Gasteiger partial charge in [0.15, 0.2) is 0 Å². The minimum absolute atomic E-state index is 0.381. The van der Waals surface area contributed by atoms with Crippen molar-refractivity contribution in [1.29, 1.82) is 0 Å². The minimum Gasteiger partial charge on any atom is -0.399 e. The molecule has 2 heterocycles. The summed E-state index contributed by atoms with van der Waals surface area (Å²) in [5.74, 6) is 0. The summed E-state index contributed by atoms with van der Waals surface area (Å²) >= 11 is 3.42. The van der Waals surface area contributed by atoms with Gasteiger partial charge in [0.05, 0.1) is 11.2 Å². The van der Waals surface area contributed by atoms with E-state index in [4.69, 9.17) is 13.9 Å². The number of benzene rings is 1. The smallest absolute Gasteiger partial charge is 0.399 e. The maximum atomic E-state index is 6.02. The molecule has 2 aromatic rings. The van der Waals surface area contributed by atoms with Gasteiger partial charge < -0.3 is 9.31 Å². The first-order chi connectivity index (χ1) is 8.82. The van der Waals surface area contributed by atoms with Gasteiger partial charge >= 0.3 is 7.12 Å². The van der Waals surface area contributed by atoms with Crippen molar-refractivity contribution in [2.75, 3.05) is 0 Å². The SMILES string of the molecule is CC1(C)OB(c2ccc(Br)c3nonc23)OC1(C)C. The van der Waals surface area contributed by atoms with Crippen LogP contribution in [0.4, 0.5) is 0 Å². The third kappa shape index (κ3) is 1.91. The summed E-state index contributed by atoms with van der Waals surface area (Å²) in [6.45, 7) is 8.07. The van der Waals surface area contributed by atoms with Crippen LogP contribution in [-0.2, 0) is 9.31 Å². The third-order valence-corrected chi connectivity index (χ3v) is 4.54. The Labute approximate surface area is 119 Å². The monoisotopic (exact) mass is 324 g/mol. The number of nitrogens with zero attached hydrogens (tertiary/aromatic N) is 2. The van der Waals surface area contributed by atoms with Crippen LogP contribution in [0, 0.1) is 0 Å². The predicted molar refractivity (Wildman–Crippen MR) is 75.2 cm³/mol. The van der Waals surface area contributed by atoms with E-state index in [0.29, 0.717) is 11.0 Å². The molecule has 0 amide bonds. The van der Waals surface area contributed by atoms with Gasteiger partial charge in [-0.25, -0.2) is 4.63 Å². The molecule has 100 valence electrons. The Morgan fingerprint density at radius 3 is 2.21 bits per heavy atom. The van der Waals surface area contributed by atoms with Crippen LogP contribution < -0.4 is 5.46 Å². The van der Waals surface area contributed by atoms with E-state index in [1.807, 2.05) is 39.8 Å². The van der Waals surface area contributed by atoms with E-state index in [9.17, 15) is 0 Å². The van der Waals surface area contributed by atoms with Gasteiger partial charge in [-0.1, -0.05) is 11.2 Å². The van der Waals surface area contributed by atoms with Crippen LogP contribution in [0.3, 0.4) is 0 Å². The molecule has 0 bridgehead atoms. The van der Waals surface area contributed by atoms with E-state index in [2.05, 4.69) is 26.2 Å². The summed E-state index contributed by atoms with van der Waals surface area (Å²) in [6, 6.07) is 3.81. The Balaban J connectivity index is 2.08. The van der Waals surface area contributed by atoms with Crippen molar-refractivity contribution in [2.24, 2.45) is 0 Å². The van der Waals surface area contributed by atoms with E-state index >= 15 is 0 Å². The summed E-state index contributed by atoms with van der Waals surface area (Å²) in [4.78, 5) is 0. The summed E-state index contributed by atoms with van der Waals surface area (Å²) in [5, 5.41) is 7.82. The molecule has 1 fully saturated rings. The number of rotatable bonds is 1. The van der Waals surface area contributed by atoms with Gasteiger partial charge in [0.1, 0.15) is 11.0 Å². The Bertz CT molecular complexity index is 625. The molecule has 0 spiro atoms. The molecule has 0 N–H and O–H groups in total. The van der Waals surface area contributed by atoms with E-state index < -0.39 is 7.12 Å².